The second kappa shape index (κ2) is 23.7. The minimum absolute atomic E-state index is 0. The summed E-state index contributed by atoms with van der Waals surface area (Å²) in [6.45, 7) is 8.49. The second-order valence-electron chi connectivity index (χ2n) is 15.3. The maximum atomic E-state index is 2.24. The van der Waals surface area contributed by atoms with Gasteiger partial charge in [-0.25, -0.2) is 0 Å². The molecule has 4 heteroatoms. The zero-order valence-electron chi connectivity index (χ0n) is 35.5. The maximum Gasteiger partial charge on any atom is -0.0771 e. The van der Waals surface area contributed by atoms with Crippen molar-refractivity contribution in [1.82, 2.24) is 0 Å². The molecule has 0 spiro atoms. The van der Waals surface area contributed by atoms with E-state index in [-0.39, 0.29) is 24.8 Å². The van der Waals surface area contributed by atoms with Crippen LogP contribution >= 0.6 is 0 Å². The van der Waals surface area contributed by atoms with E-state index in [4.69, 9.17) is 0 Å². The molecule has 0 aliphatic rings. The number of hydrogen-bond acceptors (Lipinski definition) is 0. The molecule has 0 bridgehead atoms. The summed E-state index contributed by atoms with van der Waals surface area (Å²) in [5.74, 6) is 0. The Hall–Kier alpha value is -4.67. The molecule has 62 heavy (non-hydrogen) atoms. The molecule has 0 amide bonds. The summed E-state index contributed by atoms with van der Waals surface area (Å²) in [5, 5.41) is 21.6. The topological polar surface area (TPSA) is 0 Å². The minimum atomic E-state index is 0. The molecule has 0 unspecified atom stereocenters. The molecule has 0 aliphatic heterocycles. The number of benzene rings is 8. The average molecular weight is 998 g/mol. The molecule has 12 rings (SSSR count). The van der Waals surface area contributed by atoms with Crippen LogP contribution < -0.4 is 24.8 Å². The molecule has 12 aromatic rings. The molecule has 0 fully saturated rings. The Labute approximate surface area is 408 Å². The Morgan fingerprint density at radius 1 is 0.242 bits per heavy atom. The summed E-state index contributed by atoms with van der Waals surface area (Å²) in [6.07, 6.45) is 0. The summed E-state index contributed by atoms with van der Waals surface area (Å²) in [5.41, 5.74) is 0. The maximum absolute atomic E-state index is 2.24. The molecular weight excluding hydrogens is 950 g/mol. The predicted molar refractivity (Wildman–Crippen MR) is 261 cm³/mol. The van der Waals surface area contributed by atoms with Crippen molar-refractivity contribution in [2.24, 2.45) is 0 Å². The first-order valence-electron chi connectivity index (χ1n) is 20.4. The van der Waals surface area contributed by atoms with Gasteiger partial charge in [0, 0.05) is 0 Å². The average Bonchev–Trinajstić information content (AvgIpc) is 4.04. The first-order valence-corrected chi connectivity index (χ1v) is 22.9. The van der Waals surface area contributed by atoms with Crippen molar-refractivity contribution in [2.75, 3.05) is 0 Å². The Kier molecular flexibility index (Phi) is 18.5. The standard InChI is InChI=1S/4C13H9.2C3H6.2ClH.2Zr/c4*1-3-7-12-10(5-1)9-11-6-2-4-8-13(11)12;2*1-3-2;;;;/h4*1-9H;2*1-2H3;2*1H;;/q4*-1;;;;;2*+2/p-2. The molecule has 304 valence electrons. The summed E-state index contributed by atoms with van der Waals surface area (Å²) in [6, 6.07) is 77.1. The van der Waals surface area contributed by atoms with E-state index in [1.54, 1.807) is 48.5 Å². The van der Waals surface area contributed by atoms with Crippen molar-refractivity contribution in [3.8, 4) is 0 Å². The van der Waals surface area contributed by atoms with Gasteiger partial charge in [0.25, 0.3) is 0 Å². The number of hydrogen-bond donors (Lipinski definition) is 0. The fourth-order valence-corrected chi connectivity index (χ4v) is 7.62. The van der Waals surface area contributed by atoms with Gasteiger partial charge in [-0.15, -0.1) is 159 Å². The second-order valence-corrected chi connectivity index (χ2v) is 20.2. The molecular formula is C58H48Cl2Zr2-2. The Balaban J connectivity index is 0.000000146. The molecule has 0 saturated carbocycles. The molecule has 12 aromatic carbocycles. The third-order valence-electron chi connectivity index (χ3n) is 10.1. The van der Waals surface area contributed by atoms with Crippen LogP contribution in [0.2, 0.25) is 0 Å². The van der Waals surface area contributed by atoms with E-state index >= 15 is 0 Å². The SMILES string of the molecule is C[C](C)=[Zr+2].C[C](C)=[Zr+2].[Cl-].[Cl-].c1ccc2c(c1)[cH-]c1ccccc12.c1ccc2c(c1)[cH-]c1ccccc12.c1ccc2c(c1)[cH-]c1ccccc12.c1ccc2c(c1)[cH-]c1ccccc12. The van der Waals surface area contributed by atoms with Crippen molar-refractivity contribution >= 4 is 92.6 Å². The predicted octanol–water partition coefficient (Wildman–Crippen LogP) is 10.3. The van der Waals surface area contributed by atoms with E-state index < -0.39 is 0 Å². The van der Waals surface area contributed by atoms with Crippen LogP contribution in [0.3, 0.4) is 0 Å². The molecule has 0 aliphatic carbocycles. The normalized spacial score (nSPS) is 10.2. The molecule has 0 N–H and O–H groups in total. The van der Waals surface area contributed by atoms with Crippen molar-refractivity contribution in [3.05, 3.63) is 218 Å². The number of fused-ring (bicyclic) bond motifs is 12. The number of rotatable bonds is 0. The molecule has 0 heterocycles. The Morgan fingerprint density at radius 3 is 0.452 bits per heavy atom. The van der Waals surface area contributed by atoms with Crippen LogP contribution in [-0.2, 0) is 48.5 Å². The van der Waals surface area contributed by atoms with Crippen molar-refractivity contribution in [3.63, 3.8) is 0 Å². The monoisotopic (exact) mass is 994 g/mol. The summed E-state index contributed by atoms with van der Waals surface area (Å²) < 4.78 is 3.01. The van der Waals surface area contributed by atoms with Gasteiger partial charge in [0.2, 0.25) is 0 Å². The third-order valence-corrected chi connectivity index (χ3v) is 10.1. The minimum Gasteiger partial charge on any atom is -1.00 e. The van der Waals surface area contributed by atoms with Gasteiger partial charge in [-0.05, 0) is 0 Å². The molecule has 0 saturated heterocycles. The zero-order chi connectivity index (χ0) is 41.8. The van der Waals surface area contributed by atoms with E-state index in [2.05, 4.69) is 246 Å². The summed E-state index contributed by atoms with van der Waals surface area (Å²) >= 11 is 3.11. The van der Waals surface area contributed by atoms with E-state index in [1.807, 2.05) is 0 Å². The van der Waals surface area contributed by atoms with Crippen LogP contribution in [0, 0.1) is 0 Å². The first kappa shape index (κ1) is 48.4. The van der Waals surface area contributed by atoms with Crippen LogP contribution in [0.1, 0.15) is 27.7 Å². The Bertz CT molecular complexity index is 2670. The first-order chi connectivity index (χ1) is 29.3. The van der Waals surface area contributed by atoms with Gasteiger partial charge in [0.1, 0.15) is 0 Å². The summed E-state index contributed by atoms with van der Waals surface area (Å²) in [4.78, 5) is 0. The molecule has 0 radical (unpaired) electrons. The van der Waals surface area contributed by atoms with E-state index in [1.165, 1.54) is 92.6 Å². The van der Waals surface area contributed by atoms with Crippen LogP contribution in [0.5, 0.6) is 0 Å². The van der Waals surface area contributed by atoms with Crippen molar-refractivity contribution in [1.29, 1.82) is 0 Å². The largest absolute Gasteiger partial charge is 1.00 e. The van der Waals surface area contributed by atoms with Crippen LogP contribution in [0.25, 0.3) is 86.2 Å². The summed E-state index contributed by atoms with van der Waals surface area (Å²) in [7, 11) is 0. The van der Waals surface area contributed by atoms with Gasteiger partial charge < -0.3 is 24.8 Å². The fraction of sp³-hybridized carbons (Fsp3) is 0.0690. The van der Waals surface area contributed by atoms with E-state index in [0.717, 1.165) is 0 Å². The van der Waals surface area contributed by atoms with Crippen LogP contribution in [0.15, 0.2) is 218 Å². The zero-order valence-corrected chi connectivity index (χ0v) is 42.0. The number of halogens is 2. The third kappa shape index (κ3) is 12.3. The Morgan fingerprint density at radius 2 is 0.339 bits per heavy atom. The smallest absolute Gasteiger partial charge is 0.0771 e. The van der Waals surface area contributed by atoms with Crippen molar-refractivity contribution < 1.29 is 73.3 Å². The van der Waals surface area contributed by atoms with Gasteiger partial charge in [0.15, 0.2) is 0 Å². The molecule has 0 aromatic heterocycles. The van der Waals surface area contributed by atoms with Gasteiger partial charge in [0.05, 0.1) is 0 Å². The van der Waals surface area contributed by atoms with Crippen LogP contribution in [-0.4, -0.2) is 6.41 Å². The molecule has 0 atom stereocenters. The van der Waals surface area contributed by atoms with Gasteiger partial charge in [-0.1, -0.05) is 146 Å². The van der Waals surface area contributed by atoms with Gasteiger partial charge >= 0.3 is 82.6 Å². The van der Waals surface area contributed by atoms with Gasteiger partial charge in [-0.3, -0.25) is 0 Å². The van der Waals surface area contributed by atoms with E-state index in [9.17, 15) is 0 Å². The quantitative estimate of drug-likeness (QED) is 0.133. The van der Waals surface area contributed by atoms with Gasteiger partial charge in [-0.2, -0.15) is 0 Å². The van der Waals surface area contributed by atoms with Crippen molar-refractivity contribution in [2.45, 2.75) is 27.7 Å². The van der Waals surface area contributed by atoms with E-state index in [0.29, 0.717) is 0 Å². The fourth-order valence-electron chi connectivity index (χ4n) is 7.62. The van der Waals surface area contributed by atoms with Crippen LogP contribution in [0.4, 0.5) is 0 Å². The molecule has 0 nitrogen and oxygen atoms in total.